The average molecular weight is 380 g/mol. The Morgan fingerprint density at radius 2 is 1.96 bits per heavy atom. The van der Waals surface area contributed by atoms with Crippen LogP contribution in [0.25, 0.3) is 11.5 Å². The standard InChI is InChI=1S/C17H17FN2O5S/c1-11-12(2)20-25-17(11)15-7-8-16(24-15)26(21,22)19-9-10-23-14-6-4-3-5-13(14)18/h3-8,19H,9-10H2,1-2H3. The minimum atomic E-state index is -3.87. The summed E-state index contributed by atoms with van der Waals surface area (Å²) in [6.45, 7) is 3.50. The van der Waals surface area contributed by atoms with Gasteiger partial charge in [0, 0.05) is 12.1 Å². The van der Waals surface area contributed by atoms with Gasteiger partial charge in [-0.15, -0.1) is 0 Å². The quantitative estimate of drug-likeness (QED) is 0.633. The zero-order chi connectivity index (χ0) is 18.7. The zero-order valence-corrected chi connectivity index (χ0v) is 15.0. The number of nitrogens with one attached hydrogen (secondary N) is 1. The first-order valence-corrected chi connectivity index (χ1v) is 9.27. The van der Waals surface area contributed by atoms with Gasteiger partial charge >= 0.3 is 0 Å². The Bertz CT molecular complexity index is 1010. The van der Waals surface area contributed by atoms with Crippen molar-refractivity contribution in [2.45, 2.75) is 18.9 Å². The second kappa shape index (κ2) is 7.30. The van der Waals surface area contributed by atoms with Crippen molar-refractivity contribution >= 4 is 10.0 Å². The number of hydrogen-bond acceptors (Lipinski definition) is 6. The lowest BCUT2D eigenvalue weighted by Crippen LogP contribution is -2.28. The largest absolute Gasteiger partial charge is 0.489 e. The first-order valence-electron chi connectivity index (χ1n) is 7.78. The summed E-state index contributed by atoms with van der Waals surface area (Å²) in [5.74, 6) is 0.199. The Morgan fingerprint density at radius 1 is 1.19 bits per heavy atom. The fourth-order valence-corrected chi connectivity index (χ4v) is 3.14. The van der Waals surface area contributed by atoms with Crippen LogP contribution in [-0.4, -0.2) is 26.7 Å². The Morgan fingerprint density at radius 3 is 2.65 bits per heavy atom. The SMILES string of the molecule is Cc1noc(-c2ccc(S(=O)(=O)NCCOc3ccccc3F)o2)c1C. The number of para-hydroxylation sites is 1. The van der Waals surface area contributed by atoms with Gasteiger partial charge in [0.1, 0.15) is 6.61 Å². The van der Waals surface area contributed by atoms with Gasteiger partial charge in [-0.1, -0.05) is 17.3 Å². The molecule has 0 fully saturated rings. The van der Waals surface area contributed by atoms with Gasteiger partial charge in [-0.2, -0.15) is 0 Å². The molecule has 26 heavy (non-hydrogen) atoms. The van der Waals surface area contributed by atoms with E-state index in [1.165, 1.54) is 30.3 Å². The van der Waals surface area contributed by atoms with E-state index in [4.69, 9.17) is 13.7 Å². The molecule has 0 radical (unpaired) electrons. The number of rotatable bonds is 7. The van der Waals surface area contributed by atoms with Crippen LogP contribution in [0.4, 0.5) is 4.39 Å². The number of furan rings is 1. The number of aromatic nitrogens is 1. The molecular weight excluding hydrogens is 363 g/mol. The molecule has 0 atom stereocenters. The predicted molar refractivity (Wildman–Crippen MR) is 90.8 cm³/mol. The maximum atomic E-state index is 13.4. The zero-order valence-electron chi connectivity index (χ0n) is 14.2. The van der Waals surface area contributed by atoms with Gasteiger partial charge in [-0.05, 0) is 38.1 Å². The van der Waals surface area contributed by atoms with Gasteiger partial charge < -0.3 is 13.7 Å². The minimum absolute atomic E-state index is 0.0336. The Hall–Kier alpha value is -2.65. The smallest absolute Gasteiger partial charge is 0.274 e. The first-order chi connectivity index (χ1) is 12.4. The van der Waals surface area contributed by atoms with Gasteiger partial charge in [-0.3, -0.25) is 0 Å². The fraction of sp³-hybridized carbons (Fsp3) is 0.235. The number of nitrogens with zero attached hydrogens (tertiary/aromatic N) is 1. The number of sulfonamides is 1. The third kappa shape index (κ3) is 3.78. The lowest BCUT2D eigenvalue weighted by molar-refractivity contribution is 0.306. The topological polar surface area (TPSA) is 94.6 Å². The van der Waals surface area contributed by atoms with E-state index in [1.54, 1.807) is 19.9 Å². The van der Waals surface area contributed by atoms with Crippen LogP contribution in [0.1, 0.15) is 11.3 Å². The van der Waals surface area contributed by atoms with Crippen LogP contribution >= 0.6 is 0 Å². The second-order valence-corrected chi connectivity index (χ2v) is 7.22. The Labute approximate surface area is 149 Å². The molecule has 7 nitrogen and oxygen atoms in total. The molecule has 2 heterocycles. The van der Waals surface area contributed by atoms with Crippen molar-refractivity contribution in [1.82, 2.24) is 9.88 Å². The van der Waals surface area contributed by atoms with Gasteiger partial charge in [0.2, 0.25) is 10.9 Å². The van der Waals surface area contributed by atoms with E-state index in [-0.39, 0.29) is 29.8 Å². The van der Waals surface area contributed by atoms with E-state index in [1.807, 2.05) is 0 Å². The molecule has 0 aliphatic rings. The molecular formula is C17H17FN2O5S. The van der Waals surface area contributed by atoms with Crippen molar-refractivity contribution in [2.75, 3.05) is 13.2 Å². The van der Waals surface area contributed by atoms with Crippen molar-refractivity contribution in [1.29, 1.82) is 0 Å². The number of ether oxygens (including phenoxy) is 1. The Balaban J connectivity index is 1.62. The van der Waals surface area contributed by atoms with E-state index in [0.717, 1.165) is 5.56 Å². The van der Waals surface area contributed by atoms with Crippen molar-refractivity contribution in [2.24, 2.45) is 0 Å². The second-order valence-electron chi connectivity index (χ2n) is 5.52. The van der Waals surface area contributed by atoms with Gasteiger partial charge in [0.25, 0.3) is 10.0 Å². The summed E-state index contributed by atoms with van der Waals surface area (Å²) in [4.78, 5) is 0. The molecule has 1 N–H and O–H groups in total. The highest BCUT2D eigenvalue weighted by Gasteiger charge is 2.21. The highest BCUT2D eigenvalue weighted by Crippen LogP contribution is 2.28. The number of aryl methyl sites for hydroxylation is 1. The van der Waals surface area contributed by atoms with E-state index in [9.17, 15) is 12.8 Å². The van der Waals surface area contributed by atoms with Crippen LogP contribution in [0.15, 0.2) is 50.4 Å². The van der Waals surface area contributed by atoms with Gasteiger partial charge in [0.05, 0.1) is 5.69 Å². The molecule has 0 bridgehead atoms. The molecule has 0 amide bonds. The molecule has 0 aliphatic heterocycles. The maximum Gasteiger partial charge on any atom is 0.274 e. The lowest BCUT2D eigenvalue weighted by atomic mass is 10.2. The van der Waals surface area contributed by atoms with Crippen LogP contribution in [0, 0.1) is 19.7 Å². The van der Waals surface area contributed by atoms with Crippen LogP contribution in [-0.2, 0) is 10.0 Å². The summed E-state index contributed by atoms with van der Waals surface area (Å²) in [6.07, 6.45) is 0. The maximum absolute atomic E-state index is 13.4. The number of benzene rings is 1. The molecule has 1 aromatic carbocycles. The van der Waals surface area contributed by atoms with Crippen molar-refractivity contribution in [3.63, 3.8) is 0 Å². The summed E-state index contributed by atoms with van der Waals surface area (Å²) in [5.41, 5.74) is 1.47. The summed E-state index contributed by atoms with van der Waals surface area (Å²) >= 11 is 0. The summed E-state index contributed by atoms with van der Waals surface area (Å²) in [5, 5.41) is 3.56. The number of hydrogen-bond donors (Lipinski definition) is 1. The summed E-state index contributed by atoms with van der Waals surface area (Å²) < 4.78 is 56.0. The van der Waals surface area contributed by atoms with E-state index in [2.05, 4.69) is 9.88 Å². The highest BCUT2D eigenvalue weighted by molar-refractivity contribution is 7.89. The van der Waals surface area contributed by atoms with Gasteiger partial charge in [-0.25, -0.2) is 17.5 Å². The van der Waals surface area contributed by atoms with Crippen LogP contribution in [0.2, 0.25) is 0 Å². The predicted octanol–water partition coefficient (Wildman–Crippen LogP) is 3.05. The third-order valence-corrected chi connectivity index (χ3v) is 5.05. The van der Waals surface area contributed by atoms with E-state index in [0.29, 0.717) is 11.5 Å². The molecule has 0 unspecified atom stereocenters. The third-order valence-electron chi connectivity index (χ3n) is 3.72. The fourth-order valence-electron chi connectivity index (χ4n) is 2.20. The molecule has 138 valence electrons. The van der Waals surface area contributed by atoms with Crippen LogP contribution in [0.3, 0.4) is 0 Å². The number of halogens is 1. The average Bonchev–Trinajstić information content (AvgIpc) is 3.22. The molecule has 3 rings (SSSR count). The highest BCUT2D eigenvalue weighted by atomic mass is 32.2. The van der Waals surface area contributed by atoms with E-state index >= 15 is 0 Å². The van der Waals surface area contributed by atoms with Crippen molar-refractivity contribution in [3.8, 4) is 17.3 Å². The van der Waals surface area contributed by atoms with Crippen LogP contribution in [0.5, 0.6) is 5.75 Å². The molecule has 0 saturated carbocycles. The minimum Gasteiger partial charge on any atom is -0.489 e. The lowest BCUT2D eigenvalue weighted by Gasteiger charge is -2.07. The van der Waals surface area contributed by atoms with Crippen molar-refractivity contribution < 1.29 is 26.5 Å². The van der Waals surface area contributed by atoms with Gasteiger partial charge in [0.15, 0.2) is 17.3 Å². The van der Waals surface area contributed by atoms with E-state index < -0.39 is 15.8 Å². The normalized spacial score (nSPS) is 11.7. The monoisotopic (exact) mass is 380 g/mol. The molecule has 2 aromatic heterocycles. The Kier molecular flexibility index (Phi) is 5.10. The molecule has 3 aromatic rings. The van der Waals surface area contributed by atoms with Crippen molar-refractivity contribution in [3.05, 3.63) is 53.5 Å². The molecule has 0 spiro atoms. The molecule has 0 aliphatic carbocycles. The summed E-state index contributed by atoms with van der Waals surface area (Å²) in [6, 6.07) is 8.71. The summed E-state index contributed by atoms with van der Waals surface area (Å²) in [7, 11) is -3.87. The first kappa shape index (κ1) is 18.2. The van der Waals surface area contributed by atoms with Crippen LogP contribution < -0.4 is 9.46 Å². The molecule has 9 heteroatoms. The molecule has 0 saturated heterocycles.